The number of urea groups is 1. The third-order valence-corrected chi connectivity index (χ3v) is 8.63. The van der Waals surface area contributed by atoms with Gasteiger partial charge in [0.2, 0.25) is 0 Å². The molecule has 0 atom stereocenters. The number of halogens is 1. The first-order chi connectivity index (χ1) is 16.6. The highest BCUT2D eigenvalue weighted by molar-refractivity contribution is 6.31. The van der Waals surface area contributed by atoms with Crippen molar-refractivity contribution >= 4 is 29.0 Å². The molecule has 2 amide bonds. The lowest BCUT2D eigenvalue weighted by molar-refractivity contribution is -0.162. The summed E-state index contributed by atoms with van der Waals surface area (Å²) in [7, 11) is 0. The van der Waals surface area contributed by atoms with Gasteiger partial charge in [0.15, 0.2) is 0 Å². The molecule has 0 radical (unpaired) electrons. The highest BCUT2D eigenvalue weighted by Gasteiger charge is 2.53. The number of carbonyl (C=O) groups is 1. The fourth-order valence-electron chi connectivity index (χ4n) is 6.73. The minimum absolute atomic E-state index is 0.0491. The fourth-order valence-corrected chi connectivity index (χ4v) is 6.85. The second kappa shape index (κ2) is 9.16. The van der Waals surface area contributed by atoms with E-state index in [9.17, 15) is 4.79 Å². The van der Waals surface area contributed by atoms with E-state index in [1.54, 1.807) is 12.1 Å². The Bertz CT molecular complexity index is 1120. The van der Waals surface area contributed by atoms with Gasteiger partial charge in [-0.05, 0) is 125 Å². The second-order valence-electron chi connectivity index (χ2n) is 11.6. The van der Waals surface area contributed by atoms with E-state index in [2.05, 4.69) is 27.9 Å². The van der Waals surface area contributed by atoms with Gasteiger partial charge in [0.1, 0.15) is 5.60 Å². The van der Waals surface area contributed by atoms with Crippen molar-refractivity contribution in [1.82, 2.24) is 5.32 Å². The van der Waals surface area contributed by atoms with Crippen LogP contribution in [0.1, 0.15) is 76.0 Å². The summed E-state index contributed by atoms with van der Waals surface area (Å²) in [5.41, 5.74) is 3.88. The number of hydrogen-bond donors (Lipinski definition) is 2. The normalized spacial score (nSPS) is 27.6. The van der Waals surface area contributed by atoms with Gasteiger partial charge in [-0.2, -0.15) is 0 Å². The number of nitrogens with one attached hydrogen (secondary N) is 2. The molecule has 0 unspecified atom stereocenters. The summed E-state index contributed by atoms with van der Waals surface area (Å²) in [5, 5.41) is 11.3. The number of carbonyl (C=O) groups excluding carboxylic acids is 1. The molecular formula is C29H36ClN3O2. The minimum Gasteiger partial charge on any atom is -0.389 e. The van der Waals surface area contributed by atoms with E-state index in [1.165, 1.54) is 19.3 Å². The SMILES string of the molecule is C/C(=N\OC12CC3CC(CC(C3)C1)C2)c1cccc(C(C)(C)NC(=O)Nc2ccc(Cl)c(C)c2)c1. The van der Waals surface area contributed by atoms with Crippen LogP contribution in [-0.2, 0) is 10.4 Å². The van der Waals surface area contributed by atoms with E-state index in [0.29, 0.717) is 10.7 Å². The maximum Gasteiger partial charge on any atom is 0.319 e. The van der Waals surface area contributed by atoms with Crippen molar-refractivity contribution in [3.63, 3.8) is 0 Å². The van der Waals surface area contributed by atoms with E-state index in [-0.39, 0.29) is 11.6 Å². The molecule has 0 spiro atoms. The van der Waals surface area contributed by atoms with Crippen LogP contribution in [0.15, 0.2) is 47.6 Å². The van der Waals surface area contributed by atoms with E-state index in [4.69, 9.17) is 16.4 Å². The highest BCUT2D eigenvalue weighted by Crippen LogP contribution is 2.57. The van der Waals surface area contributed by atoms with E-state index < -0.39 is 5.54 Å². The molecule has 0 aromatic heterocycles. The molecule has 2 N–H and O–H groups in total. The molecule has 0 saturated heterocycles. The number of oxime groups is 1. The van der Waals surface area contributed by atoms with Gasteiger partial charge in [-0.3, -0.25) is 0 Å². The maximum atomic E-state index is 12.7. The number of rotatable bonds is 6. The van der Waals surface area contributed by atoms with Gasteiger partial charge in [0, 0.05) is 10.7 Å². The average molecular weight is 494 g/mol. The Hall–Kier alpha value is -2.53. The molecular weight excluding hydrogens is 458 g/mol. The fraction of sp³-hybridized carbons (Fsp3) is 0.517. The molecule has 4 aliphatic rings. The molecule has 2 aromatic carbocycles. The number of nitrogens with zero attached hydrogens (tertiary/aromatic N) is 1. The van der Waals surface area contributed by atoms with Gasteiger partial charge in [-0.15, -0.1) is 0 Å². The zero-order valence-electron chi connectivity index (χ0n) is 21.2. The summed E-state index contributed by atoms with van der Waals surface area (Å²) in [4.78, 5) is 19.1. The first-order valence-electron chi connectivity index (χ1n) is 12.8. The molecule has 35 heavy (non-hydrogen) atoms. The molecule has 4 fully saturated rings. The van der Waals surface area contributed by atoms with Crippen molar-refractivity contribution in [1.29, 1.82) is 0 Å². The monoisotopic (exact) mass is 493 g/mol. The summed E-state index contributed by atoms with van der Waals surface area (Å²) in [6.07, 6.45) is 7.65. The summed E-state index contributed by atoms with van der Waals surface area (Å²) in [6.45, 7) is 7.92. The zero-order chi connectivity index (χ0) is 24.8. The molecule has 2 aromatic rings. The smallest absolute Gasteiger partial charge is 0.319 e. The third-order valence-electron chi connectivity index (χ3n) is 8.20. The van der Waals surface area contributed by atoms with Crippen LogP contribution in [0.25, 0.3) is 0 Å². The van der Waals surface area contributed by atoms with Crippen molar-refractivity contribution in [2.75, 3.05) is 5.32 Å². The molecule has 4 saturated carbocycles. The maximum absolute atomic E-state index is 12.7. The molecule has 6 rings (SSSR count). The van der Waals surface area contributed by atoms with Crippen molar-refractivity contribution in [2.45, 2.75) is 77.4 Å². The lowest BCUT2D eigenvalue weighted by atomic mass is 9.54. The first kappa shape index (κ1) is 24.2. The molecule has 5 nitrogen and oxygen atoms in total. The van der Waals surface area contributed by atoms with E-state index >= 15 is 0 Å². The lowest BCUT2D eigenvalue weighted by Crippen LogP contribution is -2.51. The predicted molar refractivity (Wildman–Crippen MR) is 142 cm³/mol. The topological polar surface area (TPSA) is 62.7 Å². The quantitative estimate of drug-likeness (QED) is 0.325. The predicted octanol–water partition coefficient (Wildman–Crippen LogP) is 7.41. The van der Waals surface area contributed by atoms with Crippen LogP contribution in [0.5, 0.6) is 0 Å². The summed E-state index contributed by atoms with van der Waals surface area (Å²) < 4.78 is 0. The van der Waals surface area contributed by atoms with Crippen molar-refractivity contribution in [2.24, 2.45) is 22.9 Å². The Balaban J connectivity index is 1.26. The average Bonchev–Trinajstić information content (AvgIpc) is 2.79. The van der Waals surface area contributed by atoms with Crippen molar-refractivity contribution in [3.05, 3.63) is 64.2 Å². The van der Waals surface area contributed by atoms with Gasteiger partial charge in [-0.25, -0.2) is 4.79 Å². The molecule has 186 valence electrons. The first-order valence-corrected chi connectivity index (χ1v) is 13.2. The van der Waals surface area contributed by atoms with Crippen LogP contribution < -0.4 is 10.6 Å². The van der Waals surface area contributed by atoms with E-state index in [1.807, 2.05) is 45.9 Å². The lowest BCUT2D eigenvalue weighted by Gasteiger charge is -2.54. The number of amides is 2. The molecule has 4 aliphatic carbocycles. The Kier molecular flexibility index (Phi) is 6.33. The van der Waals surface area contributed by atoms with Crippen molar-refractivity contribution in [3.8, 4) is 0 Å². The summed E-state index contributed by atoms with van der Waals surface area (Å²) >= 11 is 6.10. The molecule has 4 bridgehead atoms. The molecule has 6 heteroatoms. The Morgan fingerprint density at radius 2 is 1.71 bits per heavy atom. The van der Waals surface area contributed by atoms with E-state index in [0.717, 1.165) is 59.4 Å². The summed E-state index contributed by atoms with van der Waals surface area (Å²) in [6, 6.07) is 13.4. The van der Waals surface area contributed by atoms with Crippen LogP contribution in [0.2, 0.25) is 5.02 Å². The second-order valence-corrected chi connectivity index (χ2v) is 12.0. The Morgan fingerprint density at radius 1 is 1.06 bits per heavy atom. The highest BCUT2D eigenvalue weighted by atomic mass is 35.5. The van der Waals surface area contributed by atoms with Gasteiger partial charge >= 0.3 is 6.03 Å². The van der Waals surface area contributed by atoms with Crippen LogP contribution in [0.4, 0.5) is 10.5 Å². The van der Waals surface area contributed by atoms with Gasteiger partial charge < -0.3 is 15.5 Å². The number of benzene rings is 2. The number of anilines is 1. The van der Waals surface area contributed by atoms with Crippen molar-refractivity contribution < 1.29 is 9.63 Å². The molecule has 0 heterocycles. The number of aryl methyl sites for hydroxylation is 1. The largest absolute Gasteiger partial charge is 0.389 e. The van der Waals surface area contributed by atoms with Crippen LogP contribution in [0, 0.1) is 24.7 Å². The van der Waals surface area contributed by atoms with Crippen LogP contribution in [0.3, 0.4) is 0 Å². The Morgan fingerprint density at radius 3 is 2.34 bits per heavy atom. The Labute approximate surface area is 213 Å². The zero-order valence-corrected chi connectivity index (χ0v) is 21.9. The minimum atomic E-state index is -0.581. The third kappa shape index (κ3) is 5.20. The summed E-state index contributed by atoms with van der Waals surface area (Å²) in [5.74, 6) is 2.49. The van der Waals surface area contributed by atoms with Gasteiger partial charge in [0.05, 0.1) is 11.3 Å². The van der Waals surface area contributed by atoms with Gasteiger partial charge in [-0.1, -0.05) is 35.0 Å². The standard InChI is InChI=1S/C29H36ClN3O2/c1-18-10-25(8-9-26(18)30)31-27(34)32-28(3,4)24-7-5-6-23(14-24)19(2)33-35-29-15-20-11-21(16-29)13-22(12-20)17-29/h5-10,14,20-22H,11-13,15-17H2,1-4H3,(H2,31,32,34)/b33-19+. The van der Waals surface area contributed by atoms with Gasteiger partial charge in [0.25, 0.3) is 0 Å². The number of hydrogen-bond acceptors (Lipinski definition) is 3. The molecule has 0 aliphatic heterocycles. The van der Waals surface area contributed by atoms with Crippen LogP contribution in [-0.4, -0.2) is 17.3 Å². The van der Waals surface area contributed by atoms with Crippen LogP contribution >= 0.6 is 11.6 Å².